The second-order valence-electron chi connectivity index (χ2n) is 9.75. The van der Waals surface area contributed by atoms with Gasteiger partial charge in [-0.2, -0.15) is 0 Å². The summed E-state index contributed by atoms with van der Waals surface area (Å²) in [6, 6.07) is 14.3. The number of rotatable bonds is 9. The maximum absolute atomic E-state index is 13.2. The number of likely N-dealkylation sites (tertiary alicyclic amines) is 1. The van der Waals surface area contributed by atoms with Gasteiger partial charge in [0.2, 0.25) is 5.91 Å². The average Bonchev–Trinajstić information content (AvgIpc) is 3.46. The third kappa shape index (κ3) is 6.65. The first-order valence-corrected chi connectivity index (χ1v) is 13.3. The van der Waals surface area contributed by atoms with Gasteiger partial charge >= 0.3 is 0 Å². The molecule has 2 aromatic rings. The Kier molecular flexibility index (Phi) is 8.98. The molecule has 1 unspecified atom stereocenters. The summed E-state index contributed by atoms with van der Waals surface area (Å²) in [7, 11) is 0. The molecule has 36 heavy (non-hydrogen) atoms. The van der Waals surface area contributed by atoms with E-state index in [0.717, 1.165) is 57.2 Å². The summed E-state index contributed by atoms with van der Waals surface area (Å²) in [4.78, 5) is 40.1. The minimum atomic E-state index is -0.281. The zero-order valence-electron chi connectivity index (χ0n) is 21.1. The Morgan fingerprint density at radius 1 is 0.972 bits per heavy atom. The summed E-state index contributed by atoms with van der Waals surface area (Å²) in [5, 5.41) is 6.09. The topological polar surface area (TPSA) is 87.7 Å². The molecule has 0 aromatic heterocycles. The Labute approximate surface area is 213 Å². The Morgan fingerprint density at radius 3 is 2.47 bits per heavy atom. The molecule has 1 aliphatic heterocycles. The standard InChI is InChI=1S/C29H37N3O4/c1-2-25(24-15-6-7-16-26(24)36-20-27(33)32-17-8-9-18-32)31-29(35)22-13-10-14-23(19-22)30-28(34)21-11-4-3-5-12-21/h6-7,10,13-16,19,21,25H,2-5,8-9,11-12,17-18,20H2,1H3,(H,30,34)(H,31,35). The largest absolute Gasteiger partial charge is 0.483 e. The van der Waals surface area contributed by atoms with Gasteiger partial charge in [-0.3, -0.25) is 14.4 Å². The third-order valence-corrected chi connectivity index (χ3v) is 7.19. The second-order valence-corrected chi connectivity index (χ2v) is 9.75. The molecular formula is C29H37N3O4. The van der Waals surface area contributed by atoms with Crippen molar-refractivity contribution in [2.75, 3.05) is 25.0 Å². The van der Waals surface area contributed by atoms with Crippen molar-refractivity contribution in [3.8, 4) is 5.75 Å². The van der Waals surface area contributed by atoms with E-state index in [-0.39, 0.29) is 36.3 Å². The van der Waals surface area contributed by atoms with Crippen LogP contribution in [0.1, 0.15) is 80.3 Å². The van der Waals surface area contributed by atoms with Gasteiger partial charge in [-0.25, -0.2) is 0 Å². The summed E-state index contributed by atoms with van der Waals surface area (Å²) < 4.78 is 5.91. The lowest BCUT2D eigenvalue weighted by Crippen LogP contribution is -2.32. The number of carbonyl (C=O) groups is 3. The van der Waals surface area contributed by atoms with E-state index in [9.17, 15) is 14.4 Å². The minimum absolute atomic E-state index is 0.00789. The van der Waals surface area contributed by atoms with Gasteiger partial charge in [0.1, 0.15) is 5.75 Å². The number of hydrogen-bond donors (Lipinski definition) is 2. The van der Waals surface area contributed by atoms with Crippen LogP contribution in [0.4, 0.5) is 5.69 Å². The van der Waals surface area contributed by atoms with E-state index in [4.69, 9.17) is 4.74 Å². The molecule has 4 rings (SSSR count). The van der Waals surface area contributed by atoms with Crippen LogP contribution >= 0.6 is 0 Å². The van der Waals surface area contributed by atoms with Gasteiger partial charge in [0.05, 0.1) is 6.04 Å². The molecule has 1 atom stereocenters. The lowest BCUT2D eigenvalue weighted by molar-refractivity contribution is -0.132. The van der Waals surface area contributed by atoms with Crippen LogP contribution < -0.4 is 15.4 Å². The van der Waals surface area contributed by atoms with Gasteiger partial charge in [-0.15, -0.1) is 0 Å². The van der Waals surface area contributed by atoms with Crippen LogP contribution in [0.15, 0.2) is 48.5 Å². The number of carbonyl (C=O) groups excluding carboxylic acids is 3. The Hall–Kier alpha value is -3.35. The van der Waals surface area contributed by atoms with Crippen molar-refractivity contribution in [3.05, 3.63) is 59.7 Å². The summed E-state index contributed by atoms with van der Waals surface area (Å²) in [5.41, 5.74) is 1.96. The zero-order valence-corrected chi connectivity index (χ0v) is 21.1. The molecule has 0 radical (unpaired) electrons. The van der Waals surface area contributed by atoms with E-state index in [1.807, 2.05) is 42.2 Å². The number of ether oxygens (including phenoxy) is 1. The first-order chi connectivity index (χ1) is 17.5. The maximum atomic E-state index is 13.2. The van der Waals surface area contributed by atoms with Crippen molar-refractivity contribution in [1.82, 2.24) is 10.2 Å². The van der Waals surface area contributed by atoms with Crippen LogP contribution in [-0.4, -0.2) is 42.3 Å². The third-order valence-electron chi connectivity index (χ3n) is 7.19. The molecule has 7 nitrogen and oxygen atoms in total. The molecule has 2 aliphatic rings. The first kappa shape index (κ1) is 25.7. The number of nitrogens with one attached hydrogen (secondary N) is 2. The zero-order chi connectivity index (χ0) is 25.3. The van der Waals surface area contributed by atoms with E-state index in [1.165, 1.54) is 6.42 Å². The number of amides is 3. The number of hydrogen-bond acceptors (Lipinski definition) is 4. The molecule has 1 saturated heterocycles. The van der Waals surface area contributed by atoms with Crippen molar-refractivity contribution in [3.63, 3.8) is 0 Å². The van der Waals surface area contributed by atoms with Crippen molar-refractivity contribution < 1.29 is 19.1 Å². The van der Waals surface area contributed by atoms with E-state index >= 15 is 0 Å². The average molecular weight is 492 g/mol. The normalized spacial score (nSPS) is 16.9. The molecule has 0 bridgehead atoms. The summed E-state index contributed by atoms with van der Waals surface area (Å²) in [6.45, 7) is 3.57. The highest BCUT2D eigenvalue weighted by Crippen LogP contribution is 2.28. The summed E-state index contributed by atoms with van der Waals surface area (Å²) in [6.07, 6.45) is 7.97. The Balaban J connectivity index is 1.39. The predicted octanol–water partition coefficient (Wildman–Crippen LogP) is 5.09. The Morgan fingerprint density at radius 2 is 1.72 bits per heavy atom. The van der Waals surface area contributed by atoms with Gasteiger partial charge in [-0.05, 0) is 56.4 Å². The number of benzene rings is 2. The maximum Gasteiger partial charge on any atom is 0.260 e. The van der Waals surface area contributed by atoms with Crippen molar-refractivity contribution >= 4 is 23.4 Å². The molecule has 1 aliphatic carbocycles. The molecule has 3 amide bonds. The summed E-state index contributed by atoms with van der Waals surface area (Å²) in [5.74, 6) is 0.457. The van der Waals surface area contributed by atoms with E-state index in [0.29, 0.717) is 23.4 Å². The molecule has 2 aromatic carbocycles. The van der Waals surface area contributed by atoms with E-state index in [2.05, 4.69) is 10.6 Å². The molecule has 1 heterocycles. The molecule has 1 saturated carbocycles. The monoisotopic (exact) mass is 491 g/mol. The Bertz CT molecular complexity index is 1060. The van der Waals surface area contributed by atoms with Crippen LogP contribution in [0.5, 0.6) is 5.75 Å². The molecule has 2 N–H and O–H groups in total. The van der Waals surface area contributed by atoms with Crippen LogP contribution in [-0.2, 0) is 9.59 Å². The number of nitrogens with zero attached hydrogens (tertiary/aromatic N) is 1. The SMILES string of the molecule is CCC(NC(=O)c1cccc(NC(=O)C2CCCCC2)c1)c1ccccc1OCC(=O)N1CCCC1. The fourth-order valence-corrected chi connectivity index (χ4v) is 5.09. The highest BCUT2D eigenvalue weighted by Gasteiger charge is 2.23. The molecular weight excluding hydrogens is 454 g/mol. The van der Waals surface area contributed by atoms with Crippen LogP contribution in [0.3, 0.4) is 0 Å². The smallest absolute Gasteiger partial charge is 0.260 e. The van der Waals surface area contributed by atoms with Crippen molar-refractivity contribution in [1.29, 1.82) is 0 Å². The predicted molar refractivity (Wildman–Crippen MR) is 140 cm³/mol. The van der Waals surface area contributed by atoms with Crippen LogP contribution in [0.2, 0.25) is 0 Å². The van der Waals surface area contributed by atoms with Crippen LogP contribution in [0.25, 0.3) is 0 Å². The van der Waals surface area contributed by atoms with Crippen molar-refractivity contribution in [2.24, 2.45) is 5.92 Å². The second kappa shape index (κ2) is 12.6. The molecule has 0 spiro atoms. The van der Waals surface area contributed by atoms with Gasteiger partial charge < -0.3 is 20.3 Å². The van der Waals surface area contributed by atoms with E-state index < -0.39 is 0 Å². The summed E-state index contributed by atoms with van der Waals surface area (Å²) >= 11 is 0. The van der Waals surface area contributed by atoms with Gasteiger partial charge in [0, 0.05) is 35.8 Å². The first-order valence-electron chi connectivity index (χ1n) is 13.3. The fraction of sp³-hybridized carbons (Fsp3) is 0.483. The molecule has 2 fully saturated rings. The van der Waals surface area contributed by atoms with Gasteiger partial charge in [0.15, 0.2) is 6.61 Å². The van der Waals surface area contributed by atoms with Gasteiger partial charge in [-0.1, -0.05) is 50.5 Å². The molecule has 7 heteroatoms. The highest BCUT2D eigenvalue weighted by molar-refractivity contribution is 5.98. The van der Waals surface area contributed by atoms with Crippen molar-refractivity contribution in [2.45, 2.75) is 64.3 Å². The fourth-order valence-electron chi connectivity index (χ4n) is 5.09. The van der Waals surface area contributed by atoms with Gasteiger partial charge in [0.25, 0.3) is 11.8 Å². The number of para-hydroxylation sites is 1. The van der Waals surface area contributed by atoms with Crippen LogP contribution in [0, 0.1) is 5.92 Å². The highest BCUT2D eigenvalue weighted by atomic mass is 16.5. The lowest BCUT2D eigenvalue weighted by atomic mass is 9.88. The lowest BCUT2D eigenvalue weighted by Gasteiger charge is -2.22. The van der Waals surface area contributed by atoms with E-state index in [1.54, 1.807) is 18.2 Å². The quantitative estimate of drug-likeness (QED) is 0.512. The molecule has 192 valence electrons. The number of anilines is 1. The minimum Gasteiger partial charge on any atom is -0.483 e.